The highest BCUT2D eigenvalue weighted by atomic mass is 16.7. The van der Waals surface area contributed by atoms with E-state index in [1.54, 1.807) is 12.1 Å². The van der Waals surface area contributed by atoms with Crippen molar-refractivity contribution in [3.05, 3.63) is 54.1 Å². The number of phenols is 1. The Labute approximate surface area is 260 Å². The molecule has 4 rings (SSSR count). The molecule has 0 saturated carbocycles. The third-order valence-corrected chi connectivity index (χ3v) is 11.5. The molecule has 1 N–H and O–H groups in total. The van der Waals surface area contributed by atoms with Gasteiger partial charge in [0.1, 0.15) is 5.75 Å². The highest BCUT2D eigenvalue weighted by Gasteiger charge is 2.53. The van der Waals surface area contributed by atoms with E-state index in [0.717, 1.165) is 37.8 Å². The molecule has 6 nitrogen and oxygen atoms in total. The van der Waals surface area contributed by atoms with Crippen LogP contribution in [0.4, 0.5) is 11.4 Å². The van der Waals surface area contributed by atoms with Gasteiger partial charge < -0.3 is 19.3 Å². The lowest BCUT2D eigenvalue weighted by atomic mass is 9.57. The average molecular weight is 593 g/mol. The summed E-state index contributed by atoms with van der Waals surface area (Å²) in [5.41, 5.74) is 2.17. The predicted octanol–water partition coefficient (Wildman–Crippen LogP) is 10.8. The van der Waals surface area contributed by atoms with Gasteiger partial charge >= 0.3 is 0 Å². The van der Waals surface area contributed by atoms with Gasteiger partial charge in [0.2, 0.25) is 0 Å². The van der Waals surface area contributed by atoms with Crippen molar-refractivity contribution < 1.29 is 19.3 Å². The Balaban J connectivity index is 1.50. The molecule has 2 aromatic carbocycles. The van der Waals surface area contributed by atoms with E-state index < -0.39 is 6.29 Å². The number of hydrogen-bond acceptors (Lipinski definition) is 6. The standard InChI is InChI=1S/C37H56N2O4/c1-12-27-23-30(36(8,9)34(4,5)21-20-33(2,3)35(6,7)24-31-37(10,11)43-31)42-32(41-27)28-22-26(18-19-29(28)40)39-38-25-16-14-13-15-17-25/h13-19,22,27,30-32,40H,12,20-21,23-24H2,1-11H3. The SMILES string of the molecule is CCC1CC(C(C)(C)C(C)(C)CCC(C)(C)C(C)(C)CC2OC2(C)C)OC(c2cc(N=Nc3ccccc3)ccc2O)O1. The third-order valence-electron chi connectivity index (χ3n) is 11.5. The van der Waals surface area contributed by atoms with Crippen LogP contribution in [0.25, 0.3) is 0 Å². The fraction of sp³-hybridized carbons (Fsp3) is 0.676. The first-order chi connectivity index (χ1) is 19.9. The van der Waals surface area contributed by atoms with Crippen LogP contribution in [-0.4, -0.2) is 29.0 Å². The van der Waals surface area contributed by atoms with Crippen molar-refractivity contribution in [2.75, 3.05) is 0 Å². The summed E-state index contributed by atoms with van der Waals surface area (Å²) >= 11 is 0. The molecular formula is C37H56N2O4. The maximum atomic E-state index is 10.9. The van der Waals surface area contributed by atoms with Crippen LogP contribution < -0.4 is 0 Å². The minimum atomic E-state index is -0.678. The van der Waals surface area contributed by atoms with Gasteiger partial charge in [-0.25, -0.2) is 0 Å². The van der Waals surface area contributed by atoms with Crippen LogP contribution in [0.2, 0.25) is 0 Å². The fourth-order valence-electron chi connectivity index (χ4n) is 6.06. The number of phenolic OH excluding ortho intramolecular Hbond substituents is 1. The minimum Gasteiger partial charge on any atom is -0.507 e. The highest BCUT2D eigenvalue weighted by molar-refractivity contribution is 5.48. The van der Waals surface area contributed by atoms with Gasteiger partial charge in [0, 0.05) is 6.42 Å². The summed E-state index contributed by atoms with van der Waals surface area (Å²) in [5.74, 6) is 0.142. The molecule has 4 unspecified atom stereocenters. The molecule has 2 aliphatic heterocycles. The maximum absolute atomic E-state index is 10.9. The average Bonchev–Trinajstić information content (AvgIpc) is 3.55. The molecule has 0 bridgehead atoms. The van der Waals surface area contributed by atoms with Gasteiger partial charge in [-0.1, -0.05) is 80.5 Å². The number of hydrogen-bond donors (Lipinski definition) is 1. The molecule has 238 valence electrons. The molecule has 0 aromatic heterocycles. The van der Waals surface area contributed by atoms with E-state index in [-0.39, 0.29) is 45.2 Å². The second-order valence-electron chi connectivity index (χ2n) is 15.9. The molecular weight excluding hydrogens is 536 g/mol. The van der Waals surface area contributed by atoms with Crippen LogP contribution in [0.3, 0.4) is 0 Å². The smallest absolute Gasteiger partial charge is 0.188 e. The van der Waals surface area contributed by atoms with Crippen LogP contribution in [0, 0.1) is 21.7 Å². The number of ether oxygens (including phenoxy) is 3. The molecule has 2 aromatic rings. The summed E-state index contributed by atoms with van der Waals surface area (Å²) in [6.07, 6.45) is 4.62. The van der Waals surface area contributed by atoms with Gasteiger partial charge in [0.15, 0.2) is 6.29 Å². The monoisotopic (exact) mass is 592 g/mol. The topological polar surface area (TPSA) is 75.9 Å². The summed E-state index contributed by atoms with van der Waals surface area (Å²) in [5, 5.41) is 19.6. The van der Waals surface area contributed by atoms with E-state index >= 15 is 0 Å². The van der Waals surface area contributed by atoms with Gasteiger partial charge in [-0.3, -0.25) is 0 Å². The summed E-state index contributed by atoms with van der Waals surface area (Å²) in [4.78, 5) is 0. The number of nitrogens with zero attached hydrogens (tertiary/aromatic N) is 2. The molecule has 2 saturated heterocycles. The van der Waals surface area contributed by atoms with Gasteiger partial charge in [-0.2, -0.15) is 10.2 Å². The molecule has 2 heterocycles. The van der Waals surface area contributed by atoms with E-state index in [9.17, 15) is 5.11 Å². The molecule has 2 aliphatic rings. The lowest BCUT2D eigenvalue weighted by Gasteiger charge is -2.52. The first-order valence-corrected chi connectivity index (χ1v) is 16.2. The van der Waals surface area contributed by atoms with Crippen molar-refractivity contribution in [3.8, 4) is 5.75 Å². The van der Waals surface area contributed by atoms with E-state index in [2.05, 4.69) is 86.4 Å². The lowest BCUT2D eigenvalue weighted by molar-refractivity contribution is -0.280. The van der Waals surface area contributed by atoms with E-state index in [4.69, 9.17) is 14.2 Å². The van der Waals surface area contributed by atoms with Gasteiger partial charge in [-0.05, 0) is 91.5 Å². The highest BCUT2D eigenvalue weighted by Crippen LogP contribution is 2.55. The normalized spacial score (nSPS) is 24.8. The van der Waals surface area contributed by atoms with Crippen molar-refractivity contribution in [2.45, 2.75) is 138 Å². The first-order valence-electron chi connectivity index (χ1n) is 16.2. The molecule has 43 heavy (non-hydrogen) atoms. The van der Waals surface area contributed by atoms with Crippen LogP contribution in [0.15, 0.2) is 58.8 Å². The second kappa shape index (κ2) is 12.3. The van der Waals surface area contributed by atoms with E-state index in [1.807, 2.05) is 36.4 Å². The Morgan fingerprint density at radius 1 is 0.814 bits per heavy atom. The van der Waals surface area contributed by atoms with Crippen molar-refractivity contribution in [1.82, 2.24) is 0 Å². The van der Waals surface area contributed by atoms with E-state index in [0.29, 0.717) is 17.4 Å². The first kappa shape index (κ1) is 33.6. The number of epoxide rings is 1. The third kappa shape index (κ3) is 7.51. The zero-order chi connectivity index (χ0) is 31.8. The summed E-state index contributed by atoms with van der Waals surface area (Å²) < 4.78 is 19.2. The van der Waals surface area contributed by atoms with Crippen molar-refractivity contribution in [3.63, 3.8) is 0 Å². The number of rotatable bonds is 12. The molecule has 0 amide bonds. The Bertz CT molecular complexity index is 1260. The van der Waals surface area contributed by atoms with Gasteiger partial charge in [0.05, 0.1) is 40.9 Å². The molecule has 6 heteroatoms. The van der Waals surface area contributed by atoms with Crippen LogP contribution >= 0.6 is 0 Å². The van der Waals surface area contributed by atoms with Crippen molar-refractivity contribution in [1.29, 1.82) is 0 Å². The number of azo groups is 1. The maximum Gasteiger partial charge on any atom is 0.188 e. The van der Waals surface area contributed by atoms with E-state index in [1.165, 1.54) is 0 Å². The molecule has 0 aliphatic carbocycles. The Morgan fingerprint density at radius 3 is 2.02 bits per heavy atom. The zero-order valence-electron chi connectivity index (χ0n) is 28.5. The molecule has 0 radical (unpaired) electrons. The number of aromatic hydroxyl groups is 1. The van der Waals surface area contributed by atoms with Gasteiger partial charge in [0.25, 0.3) is 0 Å². The fourth-order valence-corrected chi connectivity index (χ4v) is 6.06. The predicted molar refractivity (Wildman–Crippen MR) is 174 cm³/mol. The van der Waals surface area contributed by atoms with Crippen molar-refractivity contribution in [2.24, 2.45) is 31.9 Å². The largest absolute Gasteiger partial charge is 0.507 e. The summed E-state index contributed by atoms with van der Waals surface area (Å²) in [6.45, 7) is 25.7. The number of benzene rings is 2. The van der Waals surface area contributed by atoms with Crippen LogP contribution in [0.1, 0.15) is 120 Å². The van der Waals surface area contributed by atoms with Crippen LogP contribution in [0.5, 0.6) is 5.75 Å². The van der Waals surface area contributed by atoms with Crippen LogP contribution in [-0.2, 0) is 14.2 Å². The summed E-state index contributed by atoms with van der Waals surface area (Å²) in [7, 11) is 0. The van der Waals surface area contributed by atoms with Crippen molar-refractivity contribution >= 4 is 11.4 Å². The Morgan fingerprint density at radius 2 is 1.42 bits per heavy atom. The Hall–Kier alpha value is -2.28. The Kier molecular flexibility index (Phi) is 9.58. The lowest BCUT2D eigenvalue weighted by Crippen LogP contribution is -2.49. The summed E-state index contributed by atoms with van der Waals surface area (Å²) in [6, 6.07) is 14.9. The van der Waals surface area contributed by atoms with Gasteiger partial charge in [-0.15, -0.1) is 0 Å². The molecule has 4 atom stereocenters. The quantitative estimate of drug-likeness (QED) is 0.196. The zero-order valence-corrected chi connectivity index (χ0v) is 28.5. The molecule has 0 spiro atoms. The second-order valence-corrected chi connectivity index (χ2v) is 15.9. The minimum absolute atomic E-state index is 0.00562. The molecule has 2 fully saturated rings.